The van der Waals surface area contributed by atoms with Crippen molar-refractivity contribution in [3.63, 3.8) is 0 Å². The lowest BCUT2D eigenvalue weighted by Gasteiger charge is -2.05. The molecule has 3 nitrogen and oxygen atoms in total. The monoisotopic (exact) mass is 255 g/mol. The third-order valence-electron chi connectivity index (χ3n) is 1.73. The van der Waals surface area contributed by atoms with Gasteiger partial charge in [-0.25, -0.2) is 0 Å². The average Bonchev–Trinajstić information content (AvgIpc) is 2.08. The Morgan fingerprint density at radius 1 is 1.36 bits per heavy atom. The van der Waals surface area contributed by atoms with Crippen LogP contribution in [-0.4, -0.2) is 11.8 Å². The number of amides is 2. The molecule has 1 aromatic rings. The summed E-state index contributed by atoms with van der Waals surface area (Å²) in [5.74, 6) is -0.739. The fourth-order valence-electron chi connectivity index (χ4n) is 1.05. The second kappa shape index (κ2) is 4.37. The highest BCUT2D eigenvalue weighted by molar-refractivity contribution is 9.10. The van der Waals surface area contributed by atoms with Gasteiger partial charge in [0.25, 0.3) is 5.91 Å². The van der Waals surface area contributed by atoms with E-state index in [2.05, 4.69) is 21.2 Å². The molecule has 0 saturated heterocycles. The Bertz CT molecular complexity index is 388. The van der Waals surface area contributed by atoms with Crippen molar-refractivity contribution in [3.8, 4) is 0 Å². The summed E-state index contributed by atoms with van der Waals surface area (Å²) < 4.78 is 0.721. The number of hydrogen-bond acceptors (Lipinski definition) is 2. The number of benzene rings is 1. The molecule has 0 bridgehead atoms. The minimum absolute atomic E-state index is 0.358. The van der Waals surface area contributed by atoms with Gasteiger partial charge in [0.1, 0.15) is 0 Å². The lowest BCUT2D eigenvalue weighted by atomic mass is 10.1. The molecular formula is C10H10BrNO2. The molecule has 0 atom stereocenters. The molecule has 0 radical (unpaired) electrons. The Kier molecular flexibility index (Phi) is 3.41. The van der Waals surface area contributed by atoms with E-state index in [1.54, 1.807) is 12.1 Å². The predicted molar refractivity (Wildman–Crippen MR) is 57.0 cm³/mol. The highest BCUT2D eigenvalue weighted by Crippen LogP contribution is 2.20. The summed E-state index contributed by atoms with van der Waals surface area (Å²) in [6.45, 7) is 3.19. The highest BCUT2D eigenvalue weighted by Gasteiger charge is 2.11. The third-order valence-corrected chi connectivity index (χ3v) is 2.78. The van der Waals surface area contributed by atoms with Crippen molar-refractivity contribution in [3.05, 3.63) is 33.8 Å². The van der Waals surface area contributed by atoms with Crippen LogP contribution in [0.1, 0.15) is 22.8 Å². The fraction of sp³-hybridized carbons (Fsp3) is 0.200. The molecule has 0 heterocycles. The summed E-state index contributed by atoms with van der Waals surface area (Å²) in [6, 6.07) is 5.32. The number of aryl methyl sites for hydroxylation is 1. The van der Waals surface area contributed by atoms with Crippen LogP contribution in [0.3, 0.4) is 0 Å². The molecule has 14 heavy (non-hydrogen) atoms. The Balaban J connectivity index is 3.01. The molecule has 0 fully saturated rings. The Labute approximate surface area is 90.6 Å². The zero-order valence-electron chi connectivity index (χ0n) is 7.93. The van der Waals surface area contributed by atoms with Crippen molar-refractivity contribution < 1.29 is 9.59 Å². The first-order valence-corrected chi connectivity index (χ1v) is 4.88. The predicted octanol–water partition coefficient (Wildman–Crippen LogP) is 2.03. The number of carbonyl (C=O) groups excluding carboxylic acids is 2. The second-order valence-electron chi connectivity index (χ2n) is 2.95. The summed E-state index contributed by atoms with van der Waals surface area (Å²) in [5.41, 5.74) is 1.43. The van der Waals surface area contributed by atoms with Gasteiger partial charge in [-0.15, -0.1) is 0 Å². The van der Waals surface area contributed by atoms with Crippen LogP contribution in [0.2, 0.25) is 0 Å². The summed E-state index contributed by atoms with van der Waals surface area (Å²) in [4.78, 5) is 22.1. The summed E-state index contributed by atoms with van der Waals surface area (Å²) >= 11 is 3.30. The first-order valence-electron chi connectivity index (χ1n) is 4.09. The molecule has 0 spiro atoms. The topological polar surface area (TPSA) is 46.2 Å². The number of halogens is 1. The zero-order chi connectivity index (χ0) is 10.7. The van der Waals surface area contributed by atoms with E-state index in [0.29, 0.717) is 5.56 Å². The van der Waals surface area contributed by atoms with Gasteiger partial charge in [0.2, 0.25) is 5.91 Å². The lowest BCUT2D eigenvalue weighted by Crippen LogP contribution is -2.28. The quantitative estimate of drug-likeness (QED) is 0.835. The second-order valence-corrected chi connectivity index (χ2v) is 3.74. The van der Waals surface area contributed by atoms with Crippen molar-refractivity contribution in [1.29, 1.82) is 0 Å². The first kappa shape index (κ1) is 10.9. The maximum absolute atomic E-state index is 11.5. The smallest absolute Gasteiger partial charge is 0.258 e. The van der Waals surface area contributed by atoms with Crippen molar-refractivity contribution in [2.45, 2.75) is 13.8 Å². The van der Waals surface area contributed by atoms with Gasteiger partial charge in [-0.3, -0.25) is 14.9 Å². The van der Waals surface area contributed by atoms with E-state index >= 15 is 0 Å². The van der Waals surface area contributed by atoms with Crippen molar-refractivity contribution >= 4 is 27.7 Å². The average molecular weight is 256 g/mol. The standard InChI is InChI=1S/C10H10BrNO2/c1-6-4-3-5-8(9(6)11)10(14)12-7(2)13/h3-5H,1-2H3,(H,12,13,14). The van der Waals surface area contributed by atoms with Crippen molar-refractivity contribution in [2.24, 2.45) is 0 Å². The molecule has 0 aliphatic carbocycles. The summed E-state index contributed by atoms with van der Waals surface area (Å²) in [5, 5.41) is 2.22. The highest BCUT2D eigenvalue weighted by atomic mass is 79.9. The lowest BCUT2D eigenvalue weighted by molar-refractivity contribution is -0.118. The van der Waals surface area contributed by atoms with Gasteiger partial charge in [0.05, 0.1) is 5.56 Å². The SMILES string of the molecule is CC(=O)NC(=O)c1cccc(C)c1Br. The van der Waals surface area contributed by atoms with Crippen molar-refractivity contribution in [1.82, 2.24) is 5.32 Å². The van der Waals surface area contributed by atoms with Gasteiger partial charge in [0.15, 0.2) is 0 Å². The molecule has 0 aliphatic rings. The normalized spacial score (nSPS) is 9.64. The number of rotatable bonds is 1. The first-order chi connectivity index (χ1) is 6.52. The largest absolute Gasteiger partial charge is 0.293 e. The van der Waals surface area contributed by atoms with Crippen LogP contribution in [0.15, 0.2) is 22.7 Å². The molecule has 0 aliphatic heterocycles. The van der Waals surface area contributed by atoms with Crippen LogP contribution in [-0.2, 0) is 4.79 Å². The van der Waals surface area contributed by atoms with Crippen molar-refractivity contribution in [2.75, 3.05) is 0 Å². The van der Waals surface area contributed by atoms with E-state index in [9.17, 15) is 9.59 Å². The van der Waals surface area contributed by atoms with Gasteiger partial charge in [0, 0.05) is 11.4 Å². The van der Waals surface area contributed by atoms with E-state index in [-0.39, 0.29) is 11.8 Å². The van der Waals surface area contributed by atoms with Crippen LogP contribution >= 0.6 is 15.9 Å². The number of carbonyl (C=O) groups is 2. The molecule has 74 valence electrons. The number of hydrogen-bond donors (Lipinski definition) is 1. The minimum atomic E-state index is -0.381. The van der Waals surface area contributed by atoms with E-state index in [4.69, 9.17) is 0 Å². The molecule has 0 aromatic heterocycles. The molecule has 1 aromatic carbocycles. The maximum atomic E-state index is 11.5. The van der Waals surface area contributed by atoms with Gasteiger partial charge >= 0.3 is 0 Å². The van der Waals surface area contributed by atoms with Crippen LogP contribution in [0.4, 0.5) is 0 Å². The van der Waals surface area contributed by atoms with Crippen LogP contribution in [0, 0.1) is 6.92 Å². The summed E-state index contributed by atoms with van der Waals surface area (Å²) in [7, 11) is 0. The van der Waals surface area contributed by atoms with E-state index < -0.39 is 0 Å². The Hall–Kier alpha value is -1.16. The fourth-order valence-corrected chi connectivity index (χ4v) is 1.49. The van der Waals surface area contributed by atoms with Gasteiger partial charge in [-0.2, -0.15) is 0 Å². The van der Waals surface area contributed by atoms with Gasteiger partial charge in [-0.05, 0) is 34.5 Å². The van der Waals surface area contributed by atoms with Gasteiger partial charge < -0.3 is 0 Å². The van der Waals surface area contributed by atoms with E-state index in [0.717, 1.165) is 10.0 Å². The zero-order valence-corrected chi connectivity index (χ0v) is 9.51. The maximum Gasteiger partial charge on any atom is 0.258 e. The molecule has 1 rings (SSSR count). The molecule has 4 heteroatoms. The number of imide groups is 1. The molecule has 2 amide bonds. The molecule has 1 N–H and O–H groups in total. The van der Waals surface area contributed by atoms with E-state index in [1.807, 2.05) is 13.0 Å². The van der Waals surface area contributed by atoms with E-state index in [1.165, 1.54) is 6.92 Å². The molecular weight excluding hydrogens is 246 g/mol. The van der Waals surface area contributed by atoms with Gasteiger partial charge in [-0.1, -0.05) is 12.1 Å². The Morgan fingerprint density at radius 3 is 2.57 bits per heavy atom. The minimum Gasteiger partial charge on any atom is -0.293 e. The summed E-state index contributed by atoms with van der Waals surface area (Å²) in [6.07, 6.45) is 0. The Morgan fingerprint density at radius 2 is 2.00 bits per heavy atom. The van der Waals surface area contributed by atoms with Crippen LogP contribution in [0.5, 0.6) is 0 Å². The molecule has 0 unspecified atom stereocenters. The van der Waals surface area contributed by atoms with Crippen LogP contribution < -0.4 is 5.32 Å². The molecule has 0 saturated carbocycles. The number of nitrogens with one attached hydrogen (secondary N) is 1. The van der Waals surface area contributed by atoms with Crippen LogP contribution in [0.25, 0.3) is 0 Å². The third kappa shape index (κ3) is 2.42.